The van der Waals surface area contributed by atoms with Gasteiger partial charge in [-0.3, -0.25) is 0 Å². The van der Waals surface area contributed by atoms with Gasteiger partial charge in [-0.05, 0) is 18.2 Å². The van der Waals surface area contributed by atoms with Gasteiger partial charge in [0.05, 0.1) is 6.54 Å². The predicted octanol–water partition coefficient (Wildman–Crippen LogP) is 1.80. The van der Waals surface area contributed by atoms with Crippen LogP contribution in [0.15, 0.2) is 30.0 Å². The molecule has 0 bridgehead atoms. The first kappa shape index (κ1) is 10.1. The van der Waals surface area contributed by atoms with E-state index in [9.17, 15) is 4.79 Å². The van der Waals surface area contributed by atoms with Crippen LogP contribution in [0.1, 0.15) is 6.42 Å². The molecule has 1 heterocycles. The molecule has 2 rings (SSSR count). The van der Waals surface area contributed by atoms with Gasteiger partial charge in [-0.2, -0.15) is 0 Å². The summed E-state index contributed by atoms with van der Waals surface area (Å²) in [6.07, 6.45) is 0.565. The Morgan fingerprint density at radius 1 is 1.53 bits per heavy atom. The highest BCUT2D eigenvalue weighted by Gasteiger charge is 2.21. The Hall–Kier alpha value is -1.44. The summed E-state index contributed by atoms with van der Waals surface area (Å²) in [6, 6.07) is 7.22. The lowest BCUT2D eigenvalue weighted by Crippen LogP contribution is -2.19. The average Bonchev–Trinajstić information content (AvgIpc) is 2.65. The lowest BCUT2D eigenvalue weighted by atomic mass is 10.3. The van der Waals surface area contributed by atoms with Crippen LogP contribution in [-0.2, 0) is 4.79 Å². The van der Waals surface area contributed by atoms with Crippen molar-refractivity contribution >= 4 is 17.5 Å². The summed E-state index contributed by atoms with van der Waals surface area (Å²) in [5.41, 5.74) is 0.571. The Bertz CT molecular complexity index is 413. The summed E-state index contributed by atoms with van der Waals surface area (Å²) in [7, 11) is 0. The summed E-state index contributed by atoms with van der Waals surface area (Å²) in [6.45, 7) is 0.636. The normalized spacial score (nSPS) is 19.5. The fraction of sp³-hybridized carbons (Fsp3) is 0.273. The number of hydrogen-bond donors (Lipinski definition) is 1. The van der Waals surface area contributed by atoms with Crippen molar-refractivity contribution in [1.82, 2.24) is 5.32 Å². The van der Waals surface area contributed by atoms with Gasteiger partial charge in [0.25, 0.3) is 0 Å². The lowest BCUT2D eigenvalue weighted by Gasteiger charge is -2.11. The van der Waals surface area contributed by atoms with E-state index in [2.05, 4.69) is 5.32 Å². The van der Waals surface area contributed by atoms with Gasteiger partial charge in [-0.25, -0.2) is 4.79 Å². The van der Waals surface area contributed by atoms with Crippen LogP contribution in [0.5, 0.6) is 5.75 Å². The summed E-state index contributed by atoms with van der Waals surface area (Å²) in [4.78, 5) is 10.4. The highest BCUT2D eigenvalue weighted by molar-refractivity contribution is 6.30. The Labute approximate surface area is 92.7 Å². The topological polar surface area (TPSA) is 38.3 Å². The number of benzene rings is 1. The second kappa shape index (κ2) is 4.39. The molecule has 0 radical (unpaired) electrons. The maximum Gasteiger partial charge on any atom is 0.145 e. The molecule has 15 heavy (non-hydrogen) atoms. The first-order valence-electron chi connectivity index (χ1n) is 4.68. The average molecular weight is 224 g/mol. The van der Waals surface area contributed by atoms with E-state index in [0.717, 1.165) is 5.75 Å². The number of halogens is 1. The highest BCUT2D eigenvalue weighted by atomic mass is 35.5. The van der Waals surface area contributed by atoms with Crippen LogP contribution in [-0.4, -0.2) is 18.6 Å². The maximum absolute atomic E-state index is 10.4. The molecule has 1 atom stereocenters. The number of rotatable bonds is 2. The van der Waals surface area contributed by atoms with Gasteiger partial charge in [0.2, 0.25) is 0 Å². The first-order valence-corrected chi connectivity index (χ1v) is 5.06. The molecule has 1 N–H and O–H groups in total. The molecule has 0 aromatic heterocycles. The van der Waals surface area contributed by atoms with E-state index in [-0.39, 0.29) is 6.10 Å². The fourth-order valence-electron chi connectivity index (χ4n) is 1.50. The predicted molar refractivity (Wildman–Crippen MR) is 57.7 cm³/mol. The summed E-state index contributed by atoms with van der Waals surface area (Å²) in [5, 5.41) is 3.57. The fourth-order valence-corrected chi connectivity index (χ4v) is 1.68. The molecule has 0 aliphatic carbocycles. The Morgan fingerprint density at radius 2 is 2.40 bits per heavy atom. The zero-order valence-electron chi connectivity index (χ0n) is 8.00. The number of carbonyl (C=O) groups excluding carboxylic acids is 1. The van der Waals surface area contributed by atoms with Crippen molar-refractivity contribution in [2.24, 2.45) is 0 Å². The van der Waals surface area contributed by atoms with Crippen LogP contribution in [0.2, 0.25) is 5.02 Å². The van der Waals surface area contributed by atoms with Crippen LogP contribution < -0.4 is 10.1 Å². The molecule has 1 aromatic rings. The largest absolute Gasteiger partial charge is 0.488 e. The van der Waals surface area contributed by atoms with E-state index in [0.29, 0.717) is 23.7 Å². The van der Waals surface area contributed by atoms with Crippen molar-refractivity contribution in [1.29, 1.82) is 0 Å². The molecule has 1 fully saturated rings. The second-order valence-corrected chi connectivity index (χ2v) is 3.80. The van der Waals surface area contributed by atoms with E-state index >= 15 is 0 Å². The summed E-state index contributed by atoms with van der Waals surface area (Å²) < 4.78 is 5.64. The SMILES string of the molecule is O=C=C1C[C@H](Oc2cccc(Cl)c2)CN1. The monoisotopic (exact) mass is 223 g/mol. The summed E-state index contributed by atoms with van der Waals surface area (Å²) >= 11 is 5.82. The van der Waals surface area contributed by atoms with E-state index in [4.69, 9.17) is 16.3 Å². The molecule has 0 spiro atoms. The van der Waals surface area contributed by atoms with Crippen LogP contribution >= 0.6 is 11.6 Å². The van der Waals surface area contributed by atoms with Gasteiger partial charge in [-0.15, -0.1) is 0 Å². The molecule has 1 saturated heterocycles. The van der Waals surface area contributed by atoms with Crippen LogP contribution in [0.25, 0.3) is 0 Å². The molecular formula is C11H10ClNO2. The van der Waals surface area contributed by atoms with Gasteiger partial charge in [-0.1, -0.05) is 17.7 Å². The highest BCUT2D eigenvalue weighted by Crippen LogP contribution is 2.21. The van der Waals surface area contributed by atoms with Crippen molar-refractivity contribution in [3.8, 4) is 5.75 Å². The Morgan fingerprint density at radius 3 is 3.07 bits per heavy atom. The molecule has 0 amide bonds. The third kappa shape index (κ3) is 2.52. The molecular weight excluding hydrogens is 214 g/mol. The number of hydrogen-bond acceptors (Lipinski definition) is 3. The van der Waals surface area contributed by atoms with E-state index in [1.54, 1.807) is 12.1 Å². The smallest absolute Gasteiger partial charge is 0.145 e. The molecule has 4 heteroatoms. The van der Waals surface area contributed by atoms with Gasteiger partial charge in [0, 0.05) is 11.4 Å². The first-order chi connectivity index (χ1) is 7.28. The Balaban J connectivity index is 2.01. The van der Waals surface area contributed by atoms with Gasteiger partial charge in [0.15, 0.2) is 0 Å². The standard InChI is InChI=1S/C11H10ClNO2/c12-8-2-1-3-10(4-8)15-11-5-9(7-14)13-6-11/h1-4,11,13H,5-6H2/t11-/m0/s1. The molecule has 1 aliphatic heterocycles. The minimum Gasteiger partial charge on any atom is -0.488 e. The number of nitrogens with one attached hydrogen (secondary N) is 1. The second-order valence-electron chi connectivity index (χ2n) is 3.36. The van der Waals surface area contributed by atoms with Crippen molar-refractivity contribution in [3.05, 3.63) is 35.0 Å². The number of ether oxygens (including phenoxy) is 1. The molecule has 3 nitrogen and oxygen atoms in total. The molecule has 0 unspecified atom stereocenters. The minimum absolute atomic E-state index is 0.0140. The van der Waals surface area contributed by atoms with Crippen LogP contribution in [0.4, 0.5) is 0 Å². The zero-order valence-corrected chi connectivity index (χ0v) is 8.75. The summed E-state index contributed by atoms with van der Waals surface area (Å²) in [5.74, 6) is 2.56. The van der Waals surface area contributed by atoms with Gasteiger partial charge >= 0.3 is 0 Å². The third-order valence-corrected chi connectivity index (χ3v) is 2.43. The van der Waals surface area contributed by atoms with Crippen molar-refractivity contribution in [3.63, 3.8) is 0 Å². The van der Waals surface area contributed by atoms with Crippen molar-refractivity contribution < 1.29 is 9.53 Å². The maximum atomic E-state index is 10.4. The third-order valence-electron chi connectivity index (χ3n) is 2.20. The van der Waals surface area contributed by atoms with E-state index in [1.807, 2.05) is 18.1 Å². The minimum atomic E-state index is -0.0140. The molecule has 1 aliphatic rings. The van der Waals surface area contributed by atoms with Crippen LogP contribution in [0, 0.1) is 0 Å². The van der Waals surface area contributed by atoms with Gasteiger partial charge < -0.3 is 10.1 Å². The van der Waals surface area contributed by atoms with E-state index in [1.165, 1.54) is 0 Å². The quantitative estimate of drug-likeness (QED) is 0.777. The zero-order chi connectivity index (χ0) is 10.7. The lowest BCUT2D eigenvalue weighted by molar-refractivity contribution is 0.225. The molecule has 78 valence electrons. The van der Waals surface area contributed by atoms with Crippen molar-refractivity contribution in [2.75, 3.05) is 6.54 Å². The van der Waals surface area contributed by atoms with Crippen LogP contribution in [0.3, 0.4) is 0 Å². The van der Waals surface area contributed by atoms with E-state index < -0.39 is 0 Å². The molecule has 1 aromatic carbocycles. The molecule has 0 saturated carbocycles. The van der Waals surface area contributed by atoms with Crippen molar-refractivity contribution in [2.45, 2.75) is 12.5 Å². The Kier molecular flexibility index (Phi) is 2.95. The van der Waals surface area contributed by atoms with Gasteiger partial charge in [0.1, 0.15) is 23.5 Å².